The third kappa shape index (κ3) is 4.30. The molecule has 0 saturated heterocycles. The number of hydrazone groups is 1. The molecule has 4 rings (SSSR count). The number of amides is 1. The van der Waals surface area contributed by atoms with Crippen LogP contribution in [0.1, 0.15) is 21.5 Å². The van der Waals surface area contributed by atoms with E-state index in [0.717, 1.165) is 27.8 Å². The number of ether oxygens (including phenoxy) is 2. The van der Waals surface area contributed by atoms with Gasteiger partial charge in [-0.1, -0.05) is 30.3 Å². The normalized spacial score (nSPS) is 11.1. The van der Waals surface area contributed by atoms with Crippen molar-refractivity contribution < 1.29 is 14.3 Å². The number of nitrogens with zero attached hydrogens (tertiary/aromatic N) is 1. The van der Waals surface area contributed by atoms with E-state index in [4.69, 9.17) is 9.47 Å². The lowest BCUT2D eigenvalue weighted by Crippen LogP contribution is -2.17. The quantitative estimate of drug-likeness (QED) is 0.349. The van der Waals surface area contributed by atoms with Gasteiger partial charge in [0.05, 0.1) is 18.9 Å². The van der Waals surface area contributed by atoms with Crippen LogP contribution in [0.5, 0.6) is 11.5 Å². The minimum atomic E-state index is -0.309. The number of carbonyl (C=O) groups is 1. The molecule has 0 aliphatic heterocycles. The second-order valence-electron chi connectivity index (χ2n) is 6.28. The highest BCUT2D eigenvalue weighted by Gasteiger charge is 2.12. The number of hydrogen-bond donors (Lipinski definition) is 2. The number of methoxy groups -OCH3 is 1. The molecule has 1 amide bonds. The molecule has 0 unspecified atom stereocenters. The number of aromatic nitrogens is 1. The fourth-order valence-electron chi connectivity index (χ4n) is 2.89. The molecule has 29 heavy (non-hydrogen) atoms. The molecule has 2 N–H and O–H groups in total. The van der Waals surface area contributed by atoms with Crippen molar-refractivity contribution >= 4 is 34.4 Å². The first-order valence-corrected chi connectivity index (χ1v) is 9.90. The van der Waals surface area contributed by atoms with Gasteiger partial charge in [-0.15, -0.1) is 11.3 Å². The molecule has 0 aliphatic carbocycles. The lowest BCUT2D eigenvalue weighted by molar-refractivity contribution is 0.0952. The van der Waals surface area contributed by atoms with Gasteiger partial charge in [-0.05, 0) is 17.7 Å². The summed E-state index contributed by atoms with van der Waals surface area (Å²) in [6.45, 7) is 0.513. The lowest BCUT2D eigenvalue weighted by atomic mass is 10.2. The molecular weight excluding hydrogens is 386 g/mol. The zero-order valence-electron chi connectivity index (χ0n) is 15.7. The molecule has 6 nitrogen and oxygen atoms in total. The summed E-state index contributed by atoms with van der Waals surface area (Å²) in [6.07, 6.45) is 3.45. The average molecular weight is 405 g/mol. The Morgan fingerprint density at radius 2 is 2.07 bits per heavy atom. The molecule has 2 heterocycles. The van der Waals surface area contributed by atoms with Crippen LogP contribution >= 0.6 is 11.3 Å². The smallest absolute Gasteiger partial charge is 0.275 e. The summed E-state index contributed by atoms with van der Waals surface area (Å²) in [4.78, 5) is 15.4. The standard InChI is InChI=1S/C22H19N3O3S/c1-27-21-14-29-13-19(21)22(26)25-24-11-16-10-23-20-9-17(7-8-18(16)20)28-12-15-5-3-2-4-6-15/h2-11,13-14,23H,12H2,1H3,(H,25,26). The van der Waals surface area contributed by atoms with E-state index in [1.165, 1.54) is 18.4 Å². The predicted octanol–water partition coefficient (Wildman–Crippen LogP) is 4.58. The van der Waals surface area contributed by atoms with Gasteiger partial charge in [-0.3, -0.25) is 4.79 Å². The van der Waals surface area contributed by atoms with Crippen LogP contribution in [0.3, 0.4) is 0 Å². The maximum atomic E-state index is 12.2. The van der Waals surface area contributed by atoms with E-state index in [9.17, 15) is 4.79 Å². The van der Waals surface area contributed by atoms with Crippen LogP contribution in [0.2, 0.25) is 0 Å². The first-order valence-electron chi connectivity index (χ1n) is 8.96. The number of thiophene rings is 1. The summed E-state index contributed by atoms with van der Waals surface area (Å²) in [6, 6.07) is 15.9. The Morgan fingerprint density at radius 3 is 2.90 bits per heavy atom. The van der Waals surface area contributed by atoms with Gasteiger partial charge in [-0.2, -0.15) is 5.10 Å². The number of benzene rings is 2. The maximum Gasteiger partial charge on any atom is 0.275 e. The van der Waals surface area contributed by atoms with Crippen LogP contribution in [0.25, 0.3) is 10.9 Å². The van der Waals surface area contributed by atoms with Crippen LogP contribution in [0.15, 0.2) is 70.6 Å². The summed E-state index contributed by atoms with van der Waals surface area (Å²) < 4.78 is 11.0. The molecule has 0 radical (unpaired) electrons. The Bertz CT molecular complexity index is 1150. The SMILES string of the molecule is COc1cscc1C(=O)NN=Cc1c[nH]c2cc(OCc3ccccc3)ccc12. The number of fused-ring (bicyclic) bond motifs is 1. The van der Waals surface area contributed by atoms with Gasteiger partial charge in [0.15, 0.2) is 0 Å². The minimum absolute atomic E-state index is 0.309. The van der Waals surface area contributed by atoms with Crippen molar-refractivity contribution in [1.29, 1.82) is 0 Å². The molecule has 2 aromatic heterocycles. The zero-order valence-corrected chi connectivity index (χ0v) is 16.5. The summed E-state index contributed by atoms with van der Waals surface area (Å²) in [5, 5.41) is 8.56. The summed E-state index contributed by atoms with van der Waals surface area (Å²) in [7, 11) is 1.53. The van der Waals surface area contributed by atoms with Crippen LogP contribution < -0.4 is 14.9 Å². The highest BCUT2D eigenvalue weighted by molar-refractivity contribution is 7.08. The zero-order chi connectivity index (χ0) is 20.1. The molecule has 0 saturated carbocycles. The number of hydrogen-bond acceptors (Lipinski definition) is 5. The number of nitrogens with one attached hydrogen (secondary N) is 2. The van der Waals surface area contributed by atoms with Crippen molar-refractivity contribution in [2.24, 2.45) is 5.10 Å². The van der Waals surface area contributed by atoms with E-state index in [1.807, 2.05) is 54.7 Å². The number of aromatic amines is 1. The Balaban J connectivity index is 1.42. The Kier molecular flexibility index (Phi) is 5.58. The summed E-state index contributed by atoms with van der Waals surface area (Å²) in [5.74, 6) is 1.01. The molecule has 0 bridgehead atoms. The van der Waals surface area contributed by atoms with Crippen LogP contribution in [0, 0.1) is 0 Å². The highest BCUT2D eigenvalue weighted by Crippen LogP contribution is 2.24. The van der Waals surface area contributed by atoms with Crippen molar-refractivity contribution in [3.63, 3.8) is 0 Å². The first-order chi connectivity index (χ1) is 14.2. The summed E-state index contributed by atoms with van der Waals surface area (Å²) in [5.41, 5.74) is 5.91. The van der Waals surface area contributed by atoms with E-state index in [0.29, 0.717) is 17.9 Å². The fraction of sp³-hybridized carbons (Fsp3) is 0.0909. The molecular formula is C22H19N3O3S. The molecule has 7 heteroatoms. The van der Waals surface area contributed by atoms with E-state index in [2.05, 4.69) is 15.5 Å². The molecule has 0 atom stereocenters. The third-order valence-corrected chi connectivity index (χ3v) is 5.12. The van der Waals surface area contributed by atoms with Crippen molar-refractivity contribution in [3.05, 3.63) is 82.2 Å². The lowest BCUT2D eigenvalue weighted by Gasteiger charge is -2.06. The van der Waals surface area contributed by atoms with Crippen molar-refractivity contribution in [2.45, 2.75) is 6.61 Å². The van der Waals surface area contributed by atoms with Crippen LogP contribution in [-0.4, -0.2) is 24.2 Å². The van der Waals surface area contributed by atoms with E-state index in [-0.39, 0.29) is 5.91 Å². The van der Waals surface area contributed by atoms with Gasteiger partial charge in [0, 0.05) is 39.5 Å². The molecule has 146 valence electrons. The van der Waals surface area contributed by atoms with Gasteiger partial charge < -0.3 is 14.5 Å². The van der Waals surface area contributed by atoms with Gasteiger partial charge in [0.2, 0.25) is 0 Å². The van der Waals surface area contributed by atoms with E-state index in [1.54, 1.807) is 17.0 Å². The summed E-state index contributed by atoms with van der Waals surface area (Å²) >= 11 is 1.40. The monoisotopic (exact) mass is 405 g/mol. The minimum Gasteiger partial charge on any atom is -0.495 e. The van der Waals surface area contributed by atoms with E-state index < -0.39 is 0 Å². The third-order valence-electron chi connectivity index (χ3n) is 4.39. The van der Waals surface area contributed by atoms with Crippen molar-refractivity contribution in [2.75, 3.05) is 7.11 Å². The van der Waals surface area contributed by atoms with Crippen LogP contribution in [0.4, 0.5) is 0 Å². The van der Waals surface area contributed by atoms with Gasteiger partial charge in [0.1, 0.15) is 18.1 Å². The molecule has 4 aromatic rings. The molecule has 2 aromatic carbocycles. The Morgan fingerprint density at radius 1 is 1.21 bits per heavy atom. The topological polar surface area (TPSA) is 75.7 Å². The number of carbonyl (C=O) groups excluding carboxylic acids is 1. The first kappa shape index (κ1) is 18.8. The molecule has 0 spiro atoms. The fourth-order valence-corrected chi connectivity index (χ4v) is 3.67. The average Bonchev–Trinajstić information content (AvgIpc) is 3.39. The molecule has 0 fully saturated rings. The number of rotatable bonds is 7. The van der Waals surface area contributed by atoms with Crippen molar-refractivity contribution in [3.8, 4) is 11.5 Å². The second-order valence-corrected chi connectivity index (χ2v) is 7.02. The Hall–Kier alpha value is -3.58. The number of H-pyrrole nitrogens is 1. The highest BCUT2D eigenvalue weighted by atomic mass is 32.1. The Labute approximate surface area is 171 Å². The maximum absolute atomic E-state index is 12.2. The second kappa shape index (κ2) is 8.62. The van der Waals surface area contributed by atoms with Gasteiger partial charge in [0.25, 0.3) is 5.91 Å². The van der Waals surface area contributed by atoms with Gasteiger partial charge >= 0.3 is 0 Å². The van der Waals surface area contributed by atoms with E-state index >= 15 is 0 Å². The van der Waals surface area contributed by atoms with Crippen LogP contribution in [-0.2, 0) is 6.61 Å². The largest absolute Gasteiger partial charge is 0.495 e. The predicted molar refractivity (Wildman–Crippen MR) is 115 cm³/mol. The van der Waals surface area contributed by atoms with Gasteiger partial charge in [-0.25, -0.2) is 5.43 Å². The molecule has 0 aliphatic rings. The van der Waals surface area contributed by atoms with Crippen molar-refractivity contribution in [1.82, 2.24) is 10.4 Å².